The van der Waals surface area contributed by atoms with Gasteiger partial charge in [0, 0.05) is 42.5 Å². The van der Waals surface area contributed by atoms with E-state index in [1.807, 2.05) is 59.5 Å². The molecule has 6 nitrogen and oxygen atoms in total. The zero-order valence-corrected chi connectivity index (χ0v) is 18.4. The number of aromatic nitrogens is 2. The van der Waals surface area contributed by atoms with Crippen molar-refractivity contribution in [3.63, 3.8) is 0 Å². The zero-order chi connectivity index (χ0) is 21.6. The first-order valence-electron chi connectivity index (χ1n) is 10.7. The van der Waals surface area contributed by atoms with Crippen LogP contribution in [0.25, 0.3) is 11.3 Å². The lowest BCUT2D eigenvalue weighted by molar-refractivity contribution is 0.0741. The first-order valence-corrected chi connectivity index (χ1v) is 11.1. The smallest absolute Gasteiger partial charge is 0.272 e. The molecule has 1 N–H and O–H groups in total. The molecule has 1 saturated heterocycles. The van der Waals surface area contributed by atoms with Gasteiger partial charge < -0.3 is 14.5 Å². The van der Waals surface area contributed by atoms with Crippen LogP contribution in [0.15, 0.2) is 54.6 Å². The Labute approximate surface area is 187 Å². The fourth-order valence-electron chi connectivity index (χ4n) is 3.69. The second kappa shape index (κ2) is 9.88. The third-order valence-corrected chi connectivity index (χ3v) is 5.74. The molecular weight excluding hydrogens is 412 g/mol. The third-order valence-electron chi connectivity index (χ3n) is 5.49. The fraction of sp³-hybridized carbons (Fsp3) is 0.333. The van der Waals surface area contributed by atoms with Gasteiger partial charge in [0.25, 0.3) is 5.91 Å². The second-order valence-corrected chi connectivity index (χ2v) is 8.06. The normalized spacial score (nSPS) is 14.0. The van der Waals surface area contributed by atoms with Crippen molar-refractivity contribution in [2.24, 2.45) is 0 Å². The number of hydrogen-bond acceptors (Lipinski definition) is 4. The molecule has 4 rings (SSSR count). The molecule has 0 bridgehead atoms. The van der Waals surface area contributed by atoms with Gasteiger partial charge in [0.1, 0.15) is 11.4 Å². The number of piperazine rings is 1. The van der Waals surface area contributed by atoms with Crippen molar-refractivity contribution >= 4 is 23.2 Å². The number of halogens is 1. The van der Waals surface area contributed by atoms with Crippen LogP contribution in [0, 0.1) is 0 Å². The molecule has 2 aromatic carbocycles. The van der Waals surface area contributed by atoms with Gasteiger partial charge in [-0.15, -0.1) is 0 Å². The van der Waals surface area contributed by atoms with Gasteiger partial charge in [-0.05, 0) is 48.9 Å². The molecule has 1 aromatic heterocycles. The number of nitrogens with zero attached hydrogens (tertiary/aromatic N) is 3. The van der Waals surface area contributed by atoms with E-state index in [0.29, 0.717) is 25.4 Å². The minimum Gasteiger partial charge on any atom is -0.493 e. The number of H-pyrrole nitrogens is 1. The van der Waals surface area contributed by atoms with Gasteiger partial charge in [-0.2, -0.15) is 5.10 Å². The lowest BCUT2D eigenvalue weighted by atomic mass is 10.1. The highest BCUT2D eigenvalue weighted by atomic mass is 35.5. The first-order chi connectivity index (χ1) is 15.2. The second-order valence-electron chi connectivity index (χ2n) is 7.62. The first kappa shape index (κ1) is 21.2. The number of nitrogens with one attached hydrogen (secondary N) is 1. The molecule has 31 heavy (non-hydrogen) atoms. The van der Waals surface area contributed by atoms with Gasteiger partial charge in [0.2, 0.25) is 0 Å². The summed E-state index contributed by atoms with van der Waals surface area (Å²) in [6.45, 7) is 5.68. The van der Waals surface area contributed by atoms with Crippen LogP contribution in [-0.2, 0) is 0 Å². The summed E-state index contributed by atoms with van der Waals surface area (Å²) in [7, 11) is 0. The van der Waals surface area contributed by atoms with E-state index in [0.717, 1.165) is 53.6 Å². The van der Waals surface area contributed by atoms with E-state index in [1.165, 1.54) is 0 Å². The molecule has 1 amide bonds. The van der Waals surface area contributed by atoms with Crippen molar-refractivity contribution in [2.75, 3.05) is 37.7 Å². The highest BCUT2D eigenvalue weighted by Gasteiger charge is 2.24. The quantitative estimate of drug-likeness (QED) is 0.534. The maximum absolute atomic E-state index is 13.0. The Morgan fingerprint density at radius 2 is 1.84 bits per heavy atom. The van der Waals surface area contributed by atoms with Gasteiger partial charge in [-0.25, -0.2) is 0 Å². The molecule has 2 heterocycles. The highest BCUT2D eigenvalue weighted by molar-refractivity contribution is 6.30. The molecule has 3 aromatic rings. The number of benzene rings is 2. The molecule has 0 aliphatic carbocycles. The van der Waals surface area contributed by atoms with Gasteiger partial charge in [-0.3, -0.25) is 9.89 Å². The van der Waals surface area contributed by atoms with Crippen LogP contribution in [0.2, 0.25) is 5.02 Å². The van der Waals surface area contributed by atoms with Crippen LogP contribution in [-0.4, -0.2) is 53.8 Å². The van der Waals surface area contributed by atoms with Gasteiger partial charge in [0.15, 0.2) is 0 Å². The van der Waals surface area contributed by atoms with E-state index < -0.39 is 0 Å². The van der Waals surface area contributed by atoms with Crippen LogP contribution in [0.1, 0.15) is 30.3 Å². The molecule has 7 heteroatoms. The third kappa shape index (κ3) is 5.02. The monoisotopic (exact) mass is 438 g/mol. The number of unbranched alkanes of at least 4 members (excludes halogenated alkanes) is 1. The van der Waals surface area contributed by atoms with Crippen LogP contribution < -0.4 is 9.64 Å². The Kier molecular flexibility index (Phi) is 6.77. The minimum absolute atomic E-state index is 0.0288. The summed E-state index contributed by atoms with van der Waals surface area (Å²) in [6, 6.07) is 17.4. The van der Waals surface area contributed by atoms with Crippen LogP contribution in [0.3, 0.4) is 0 Å². The molecule has 0 radical (unpaired) electrons. The number of hydrogen-bond donors (Lipinski definition) is 1. The zero-order valence-electron chi connectivity index (χ0n) is 17.7. The lowest BCUT2D eigenvalue weighted by Crippen LogP contribution is -2.48. The van der Waals surface area contributed by atoms with E-state index in [4.69, 9.17) is 16.3 Å². The number of aromatic amines is 1. The van der Waals surface area contributed by atoms with E-state index >= 15 is 0 Å². The summed E-state index contributed by atoms with van der Waals surface area (Å²) in [5.74, 6) is 0.761. The Hall–Kier alpha value is -2.99. The summed E-state index contributed by atoms with van der Waals surface area (Å²) in [4.78, 5) is 17.2. The van der Waals surface area contributed by atoms with E-state index in [2.05, 4.69) is 22.0 Å². The molecule has 0 unspecified atom stereocenters. The van der Waals surface area contributed by atoms with E-state index in [1.54, 1.807) is 0 Å². The van der Waals surface area contributed by atoms with E-state index in [9.17, 15) is 4.79 Å². The average molecular weight is 439 g/mol. The number of amides is 1. The predicted octanol–water partition coefficient (Wildman–Crippen LogP) is 4.87. The summed E-state index contributed by atoms with van der Waals surface area (Å²) in [5.41, 5.74) is 3.23. The molecule has 1 aliphatic rings. The number of rotatable bonds is 7. The number of ether oxygens (including phenoxy) is 1. The SMILES string of the molecule is CCCCOc1ccccc1-c1cc(C(=O)N2CCN(c3ccc(Cl)cc3)CC2)[nH]n1. The van der Waals surface area contributed by atoms with Crippen molar-refractivity contribution in [3.8, 4) is 17.0 Å². The molecule has 1 aliphatic heterocycles. The highest BCUT2D eigenvalue weighted by Crippen LogP contribution is 2.29. The Balaban J connectivity index is 1.41. The molecule has 1 fully saturated rings. The molecule has 0 atom stereocenters. The van der Waals surface area contributed by atoms with Crippen molar-refractivity contribution in [2.45, 2.75) is 19.8 Å². The average Bonchev–Trinajstić information content (AvgIpc) is 3.30. The Morgan fingerprint density at radius 1 is 1.10 bits per heavy atom. The van der Waals surface area contributed by atoms with E-state index in [-0.39, 0.29) is 5.91 Å². The number of carbonyl (C=O) groups is 1. The number of anilines is 1. The Morgan fingerprint density at radius 3 is 2.58 bits per heavy atom. The van der Waals surface area contributed by atoms with Gasteiger partial charge >= 0.3 is 0 Å². The molecule has 162 valence electrons. The van der Waals surface area contributed by atoms with Crippen molar-refractivity contribution in [1.29, 1.82) is 0 Å². The van der Waals surface area contributed by atoms with Crippen LogP contribution >= 0.6 is 11.6 Å². The topological polar surface area (TPSA) is 61.5 Å². The van der Waals surface area contributed by atoms with Crippen molar-refractivity contribution in [3.05, 3.63) is 65.3 Å². The van der Waals surface area contributed by atoms with Crippen molar-refractivity contribution < 1.29 is 9.53 Å². The fourth-order valence-corrected chi connectivity index (χ4v) is 3.82. The lowest BCUT2D eigenvalue weighted by Gasteiger charge is -2.35. The van der Waals surface area contributed by atoms with Crippen molar-refractivity contribution in [1.82, 2.24) is 15.1 Å². The largest absolute Gasteiger partial charge is 0.493 e. The maximum atomic E-state index is 13.0. The summed E-state index contributed by atoms with van der Waals surface area (Å²) >= 11 is 5.98. The minimum atomic E-state index is -0.0288. The van der Waals surface area contributed by atoms with Gasteiger partial charge in [0.05, 0.1) is 12.3 Å². The summed E-state index contributed by atoms with van der Waals surface area (Å²) < 4.78 is 5.92. The predicted molar refractivity (Wildman–Crippen MR) is 124 cm³/mol. The van der Waals surface area contributed by atoms with Gasteiger partial charge in [-0.1, -0.05) is 37.1 Å². The molecular formula is C24H27ClN4O2. The van der Waals surface area contributed by atoms with Crippen LogP contribution in [0.4, 0.5) is 5.69 Å². The summed E-state index contributed by atoms with van der Waals surface area (Å²) in [6.07, 6.45) is 2.08. The standard InChI is InChI=1S/C24H27ClN4O2/c1-2-3-16-31-23-7-5-4-6-20(23)21-17-22(27-26-21)24(30)29-14-12-28(13-15-29)19-10-8-18(25)9-11-19/h4-11,17H,2-3,12-16H2,1H3,(H,26,27). The van der Waals surface area contributed by atoms with Crippen LogP contribution in [0.5, 0.6) is 5.75 Å². The summed E-state index contributed by atoms with van der Waals surface area (Å²) in [5, 5.41) is 8.03. The Bertz CT molecular complexity index is 1010. The maximum Gasteiger partial charge on any atom is 0.272 e. The molecule has 0 saturated carbocycles. The number of para-hydroxylation sites is 1. The molecule has 0 spiro atoms. The number of carbonyl (C=O) groups excluding carboxylic acids is 1.